The van der Waals surface area contributed by atoms with Crippen molar-refractivity contribution in [2.24, 2.45) is 0 Å². The molecule has 1 saturated heterocycles. The standard InChI is InChI=1S/C25H25F3N4O4/c1-34-18-5-3-16(13-20(18)35-2)19-14-21(30-36-19)24(7-8-24)23(33)32-11-9-31(10-12-32)22-6-4-17(15-29-22)25(26,27)28/h3-6,13-15H,7-12H2,1-2H3. The van der Waals surface area contributed by atoms with Crippen LogP contribution in [0, 0.1) is 0 Å². The average molecular weight is 502 g/mol. The highest BCUT2D eigenvalue weighted by molar-refractivity contribution is 5.91. The van der Waals surface area contributed by atoms with Gasteiger partial charge in [-0.25, -0.2) is 4.98 Å². The molecule has 1 aliphatic carbocycles. The van der Waals surface area contributed by atoms with E-state index >= 15 is 0 Å². The summed E-state index contributed by atoms with van der Waals surface area (Å²) in [5, 5.41) is 4.22. The van der Waals surface area contributed by atoms with Crippen LogP contribution in [0.4, 0.5) is 19.0 Å². The largest absolute Gasteiger partial charge is 0.493 e. The Balaban J connectivity index is 1.25. The van der Waals surface area contributed by atoms with Crippen molar-refractivity contribution in [2.45, 2.75) is 24.4 Å². The van der Waals surface area contributed by atoms with Crippen LogP contribution in [0.3, 0.4) is 0 Å². The molecule has 3 aromatic rings. The van der Waals surface area contributed by atoms with Gasteiger partial charge in [0.25, 0.3) is 0 Å². The number of anilines is 1. The Morgan fingerprint density at radius 1 is 1.00 bits per heavy atom. The molecule has 1 aromatic carbocycles. The number of halogens is 3. The number of benzene rings is 1. The number of methoxy groups -OCH3 is 2. The number of rotatable bonds is 6. The molecule has 2 aliphatic rings. The fourth-order valence-electron chi connectivity index (χ4n) is 4.51. The zero-order valence-electron chi connectivity index (χ0n) is 19.8. The Kier molecular flexibility index (Phi) is 6.01. The minimum Gasteiger partial charge on any atom is -0.493 e. The zero-order valence-corrected chi connectivity index (χ0v) is 19.8. The van der Waals surface area contributed by atoms with Crippen LogP contribution in [0.2, 0.25) is 0 Å². The third kappa shape index (κ3) is 4.33. The minimum atomic E-state index is -4.42. The van der Waals surface area contributed by atoms with Crippen molar-refractivity contribution in [3.63, 3.8) is 0 Å². The van der Waals surface area contributed by atoms with E-state index in [0.29, 0.717) is 67.8 Å². The van der Waals surface area contributed by atoms with Gasteiger partial charge in [0, 0.05) is 44.0 Å². The normalized spacial score (nSPS) is 17.1. The maximum Gasteiger partial charge on any atom is 0.417 e. The van der Waals surface area contributed by atoms with E-state index in [4.69, 9.17) is 14.0 Å². The van der Waals surface area contributed by atoms with Crippen molar-refractivity contribution in [3.8, 4) is 22.8 Å². The average Bonchev–Trinajstić information content (AvgIpc) is 3.56. The molecule has 11 heteroatoms. The first kappa shape index (κ1) is 24.0. The van der Waals surface area contributed by atoms with Gasteiger partial charge < -0.3 is 23.8 Å². The van der Waals surface area contributed by atoms with Crippen molar-refractivity contribution in [3.05, 3.63) is 53.9 Å². The van der Waals surface area contributed by atoms with E-state index in [2.05, 4.69) is 10.1 Å². The third-order valence-corrected chi connectivity index (χ3v) is 6.79. The molecule has 36 heavy (non-hydrogen) atoms. The smallest absolute Gasteiger partial charge is 0.417 e. The third-order valence-electron chi connectivity index (χ3n) is 6.79. The van der Waals surface area contributed by atoms with E-state index in [1.54, 1.807) is 37.3 Å². The highest BCUT2D eigenvalue weighted by atomic mass is 19.4. The van der Waals surface area contributed by atoms with Gasteiger partial charge in [-0.2, -0.15) is 13.2 Å². The lowest BCUT2D eigenvalue weighted by Gasteiger charge is -2.37. The van der Waals surface area contributed by atoms with Gasteiger partial charge in [0.2, 0.25) is 5.91 Å². The van der Waals surface area contributed by atoms with Gasteiger partial charge in [-0.05, 0) is 43.2 Å². The van der Waals surface area contributed by atoms with Crippen LogP contribution in [-0.4, -0.2) is 61.3 Å². The first-order chi connectivity index (χ1) is 17.2. The van der Waals surface area contributed by atoms with Crippen molar-refractivity contribution in [2.75, 3.05) is 45.3 Å². The Morgan fingerprint density at radius 2 is 1.72 bits per heavy atom. The second kappa shape index (κ2) is 9.03. The number of ether oxygens (including phenoxy) is 2. The van der Waals surface area contributed by atoms with Crippen molar-refractivity contribution < 1.29 is 32.0 Å². The molecule has 1 aliphatic heterocycles. The molecule has 0 unspecified atom stereocenters. The van der Waals surface area contributed by atoms with Gasteiger partial charge >= 0.3 is 6.18 Å². The van der Waals surface area contributed by atoms with E-state index < -0.39 is 17.2 Å². The number of amides is 1. The highest BCUT2D eigenvalue weighted by Crippen LogP contribution is 2.50. The molecule has 1 saturated carbocycles. The molecular weight excluding hydrogens is 477 g/mol. The summed E-state index contributed by atoms with van der Waals surface area (Å²) >= 11 is 0. The predicted octanol–water partition coefficient (Wildman–Crippen LogP) is 4.15. The number of hydrogen-bond donors (Lipinski definition) is 0. The number of carbonyl (C=O) groups excluding carboxylic acids is 1. The number of pyridine rings is 1. The number of carbonyl (C=O) groups is 1. The highest BCUT2D eigenvalue weighted by Gasteiger charge is 2.55. The first-order valence-electron chi connectivity index (χ1n) is 11.5. The summed E-state index contributed by atoms with van der Waals surface area (Å²) in [6, 6.07) is 9.60. The molecule has 0 bridgehead atoms. The van der Waals surface area contributed by atoms with Crippen LogP contribution in [0.1, 0.15) is 24.1 Å². The van der Waals surface area contributed by atoms with Gasteiger partial charge in [0.05, 0.1) is 30.9 Å². The van der Waals surface area contributed by atoms with E-state index in [1.807, 2.05) is 11.0 Å². The SMILES string of the molecule is COc1ccc(-c2cc(C3(C(=O)N4CCN(c5ccc(C(F)(F)F)cn5)CC4)CC3)no2)cc1OC. The lowest BCUT2D eigenvalue weighted by atomic mass is 9.99. The van der Waals surface area contributed by atoms with Crippen LogP contribution >= 0.6 is 0 Å². The monoisotopic (exact) mass is 502 g/mol. The maximum atomic E-state index is 13.5. The minimum absolute atomic E-state index is 0.00492. The Morgan fingerprint density at radius 3 is 2.31 bits per heavy atom. The van der Waals surface area contributed by atoms with Gasteiger partial charge in [-0.15, -0.1) is 0 Å². The van der Waals surface area contributed by atoms with Crippen LogP contribution in [-0.2, 0) is 16.4 Å². The molecule has 0 atom stereocenters. The van der Waals surface area contributed by atoms with E-state index in [9.17, 15) is 18.0 Å². The second-order valence-electron chi connectivity index (χ2n) is 8.91. The van der Waals surface area contributed by atoms with Crippen LogP contribution in [0.25, 0.3) is 11.3 Å². The summed E-state index contributed by atoms with van der Waals surface area (Å²) in [6.07, 6.45) is -2.21. The van der Waals surface area contributed by atoms with Crippen LogP contribution in [0.5, 0.6) is 11.5 Å². The molecule has 0 N–H and O–H groups in total. The molecule has 2 fully saturated rings. The Labute approximate surface area is 205 Å². The molecule has 3 heterocycles. The lowest BCUT2D eigenvalue weighted by Crippen LogP contribution is -2.51. The van der Waals surface area contributed by atoms with Crippen LogP contribution < -0.4 is 14.4 Å². The van der Waals surface area contributed by atoms with Crippen molar-refractivity contribution in [1.29, 1.82) is 0 Å². The summed E-state index contributed by atoms with van der Waals surface area (Å²) in [5.74, 6) is 2.15. The molecule has 8 nitrogen and oxygen atoms in total. The Bertz CT molecular complexity index is 1250. The summed E-state index contributed by atoms with van der Waals surface area (Å²) in [6.45, 7) is 1.86. The summed E-state index contributed by atoms with van der Waals surface area (Å²) < 4.78 is 54.6. The summed E-state index contributed by atoms with van der Waals surface area (Å²) in [7, 11) is 3.12. The van der Waals surface area contributed by atoms with Gasteiger partial charge in [-0.1, -0.05) is 5.16 Å². The Hall–Kier alpha value is -3.76. The molecule has 5 rings (SSSR count). The number of piperazine rings is 1. The predicted molar refractivity (Wildman–Crippen MR) is 124 cm³/mol. The summed E-state index contributed by atoms with van der Waals surface area (Å²) in [5.41, 5.74) is -0.125. The number of hydrogen-bond acceptors (Lipinski definition) is 7. The number of nitrogens with zero attached hydrogens (tertiary/aromatic N) is 4. The quantitative estimate of drug-likeness (QED) is 0.501. The topological polar surface area (TPSA) is 80.9 Å². The molecule has 0 spiro atoms. The second-order valence-corrected chi connectivity index (χ2v) is 8.91. The van der Waals surface area contributed by atoms with Crippen molar-refractivity contribution in [1.82, 2.24) is 15.0 Å². The molecular formula is C25H25F3N4O4. The van der Waals surface area contributed by atoms with Crippen LogP contribution in [0.15, 0.2) is 47.1 Å². The molecule has 190 valence electrons. The number of aromatic nitrogens is 2. The molecule has 0 radical (unpaired) electrons. The fraction of sp³-hybridized carbons (Fsp3) is 0.400. The molecule has 1 amide bonds. The van der Waals surface area contributed by atoms with Crippen molar-refractivity contribution >= 4 is 11.7 Å². The van der Waals surface area contributed by atoms with Gasteiger partial charge in [0.1, 0.15) is 5.82 Å². The van der Waals surface area contributed by atoms with E-state index in [0.717, 1.165) is 17.8 Å². The molecule has 2 aromatic heterocycles. The number of alkyl halides is 3. The first-order valence-corrected chi connectivity index (χ1v) is 11.5. The van der Waals surface area contributed by atoms with E-state index in [-0.39, 0.29) is 5.91 Å². The maximum absolute atomic E-state index is 13.5. The lowest BCUT2D eigenvalue weighted by molar-refractivity contribution is -0.138. The summed E-state index contributed by atoms with van der Waals surface area (Å²) in [4.78, 5) is 21.1. The fourth-order valence-corrected chi connectivity index (χ4v) is 4.51. The zero-order chi connectivity index (χ0) is 25.5. The van der Waals surface area contributed by atoms with E-state index in [1.165, 1.54) is 6.07 Å². The van der Waals surface area contributed by atoms with Gasteiger partial charge in [-0.3, -0.25) is 4.79 Å². The van der Waals surface area contributed by atoms with Gasteiger partial charge in [0.15, 0.2) is 17.3 Å².